The van der Waals surface area contributed by atoms with Crippen LogP contribution in [0.1, 0.15) is 0 Å². The Kier molecular flexibility index (Phi) is 5.77. The summed E-state index contributed by atoms with van der Waals surface area (Å²) in [5, 5.41) is 12.0. The zero-order valence-corrected chi connectivity index (χ0v) is 21.4. The van der Waals surface area contributed by atoms with Crippen molar-refractivity contribution in [3.8, 4) is 22.9 Å². The molecule has 3 aromatic carbocycles. The van der Waals surface area contributed by atoms with Gasteiger partial charge in [-0.05, 0) is 66.4 Å². The maximum atomic E-state index is 13.9. The molecule has 0 aliphatic rings. The first kappa shape index (κ1) is 24.0. The molecule has 0 aliphatic heterocycles. The number of rotatable bonds is 5. The highest BCUT2D eigenvalue weighted by atomic mass is 35.5. The Hall–Kier alpha value is -4.41. The van der Waals surface area contributed by atoms with Gasteiger partial charge < -0.3 is 23.4 Å². The minimum Gasteiger partial charge on any atom is -0.505 e. The molecule has 9 nitrogen and oxygen atoms in total. The van der Waals surface area contributed by atoms with E-state index >= 15 is 0 Å². The Labute approximate surface area is 222 Å². The van der Waals surface area contributed by atoms with Crippen molar-refractivity contribution in [3.05, 3.63) is 86.5 Å². The average molecular weight is 549 g/mol. The topological polar surface area (TPSA) is 117 Å². The van der Waals surface area contributed by atoms with Crippen LogP contribution in [0.4, 0.5) is 0 Å². The Balaban J connectivity index is 1.63. The van der Waals surface area contributed by atoms with Gasteiger partial charge in [0, 0.05) is 22.2 Å². The molecule has 3 heterocycles. The van der Waals surface area contributed by atoms with Gasteiger partial charge >= 0.3 is 5.63 Å². The molecule has 0 saturated heterocycles. The second kappa shape index (κ2) is 9.16. The van der Waals surface area contributed by atoms with E-state index in [9.17, 15) is 14.7 Å². The molecule has 0 bridgehead atoms. The van der Waals surface area contributed by atoms with Gasteiger partial charge in [0.15, 0.2) is 16.9 Å². The highest BCUT2D eigenvalue weighted by molar-refractivity contribution is 7.99. The summed E-state index contributed by atoms with van der Waals surface area (Å²) < 4.78 is 23.3. The fraction of sp³-hybridized carbons (Fsp3) is 0.0741. The van der Waals surface area contributed by atoms with E-state index in [1.54, 1.807) is 67.8 Å². The standard InChI is InChI=1S/C27H17ClN2O7S/c1-34-15-6-4-14(5-7-15)30-19-10-8-16(35-2)12-17(19)23-21(25(30)32)22(31)24(26(33)37-23)38-27-29-18-9-3-13(28)11-20(18)36-27/h3-12,31H,1-2H3. The maximum Gasteiger partial charge on any atom is 0.354 e. The summed E-state index contributed by atoms with van der Waals surface area (Å²) in [6.07, 6.45) is 0. The number of aromatic nitrogens is 2. The van der Waals surface area contributed by atoms with Crippen LogP contribution in [0.3, 0.4) is 0 Å². The maximum absolute atomic E-state index is 13.9. The lowest BCUT2D eigenvalue weighted by Crippen LogP contribution is -2.20. The van der Waals surface area contributed by atoms with Gasteiger partial charge in [0.2, 0.25) is 0 Å². The zero-order valence-electron chi connectivity index (χ0n) is 19.9. The number of oxazole rings is 1. The van der Waals surface area contributed by atoms with Crippen molar-refractivity contribution in [2.45, 2.75) is 10.1 Å². The second-order valence-corrected chi connectivity index (χ2v) is 9.58. The number of fused-ring (bicyclic) bond motifs is 4. The minimum atomic E-state index is -0.856. The molecule has 0 aliphatic carbocycles. The van der Waals surface area contributed by atoms with Crippen molar-refractivity contribution >= 4 is 56.3 Å². The molecule has 190 valence electrons. The molecule has 0 fully saturated rings. The Morgan fingerprint density at radius 2 is 1.68 bits per heavy atom. The fourth-order valence-corrected chi connectivity index (χ4v) is 5.16. The summed E-state index contributed by atoms with van der Waals surface area (Å²) in [5.41, 5.74) is 0.382. The van der Waals surface area contributed by atoms with E-state index in [1.165, 1.54) is 11.7 Å². The average Bonchev–Trinajstić information content (AvgIpc) is 3.32. The zero-order chi connectivity index (χ0) is 26.6. The Morgan fingerprint density at radius 1 is 0.947 bits per heavy atom. The van der Waals surface area contributed by atoms with Crippen molar-refractivity contribution in [2.75, 3.05) is 14.2 Å². The van der Waals surface area contributed by atoms with Crippen molar-refractivity contribution < 1.29 is 23.4 Å². The largest absolute Gasteiger partial charge is 0.505 e. The number of hydrogen-bond donors (Lipinski definition) is 1. The number of hydrogen-bond acceptors (Lipinski definition) is 9. The summed E-state index contributed by atoms with van der Waals surface area (Å²) in [7, 11) is 3.04. The highest BCUT2D eigenvalue weighted by Gasteiger charge is 2.24. The molecule has 0 unspecified atom stereocenters. The van der Waals surface area contributed by atoms with E-state index in [4.69, 9.17) is 29.9 Å². The van der Waals surface area contributed by atoms with Crippen molar-refractivity contribution in [1.29, 1.82) is 0 Å². The summed E-state index contributed by atoms with van der Waals surface area (Å²) in [4.78, 5) is 31.0. The van der Waals surface area contributed by atoms with Crippen LogP contribution in [-0.4, -0.2) is 28.9 Å². The quantitative estimate of drug-likeness (QED) is 0.268. The third-order valence-corrected chi connectivity index (χ3v) is 7.16. The number of aromatic hydroxyl groups is 1. The van der Waals surface area contributed by atoms with E-state index in [1.807, 2.05) is 0 Å². The molecule has 6 rings (SSSR count). The lowest BCUT2D eigenvalue weighted by Gasteiger charge is -2.15. The summed E-state index contributed by atoms with van der Waals surface area (Å²) >= 11 is 6.77. The molecule has 0 saturated carbocycles. The molecule has 11 heteroatoms. The van der Waals surface area contributed by atoms with E-state index in [0.717, 1.165) is 11.8 Å². The molecule has 38 heavy (non-hydrogen) atoms. The van der Waals surface area contributed by atoms with Crippen LogP contribution in [-0.2, 0) is 0 Å². The Morgan fingerprint density at radius 3 is 2.42 bits per heavy atom. The fourth-order valence-electron chi connectivity index (χ4n) is 4.22. The van der Waals surface area contributed by atoms with Crippen LogP contribution in [0.25, 0.3) is 38.7 Å². The number of halogens is 1. The van der Waals surface area contributed by atoms with Crippen LogP contribution in [0, 0.1) is 0 Å². The van der Waals surface area contributed by atoms with Crippen molar-refractivity contribution in [1.82, 2.24) is 9.55 Å². The first-order valence-electron chi connectivity index (χ1n) is 11.2. The highest BCUT2D eigenvalue weighted by Crippen LogP contribution is 2.39. The van der Waals surface area contributed by atoms with E-state index < -0.39 is 16.9 Å². The van der Waals surface area contributed by atoms with E-state index in [0.29, 0.717) is 44.2 Å². The van der Waals surface area contributed by atoms with Gasteiger partial charge in [-0.1, -0.05) is 11.6 Å². The van der Waals surface area contributed by atoms with Gasteiger partial charge in [-0.2, -0.15) is 0 Å². The molecular formula is C27H17ClN2O7S. The van der Waals surface area contributed by atoms with Gasteiger partial charge in [-0.3, -0.25) is 9.36 Å². The predicted molar refractivity (Wildman–Crippen MR) is 143 cm³/mol. The first-order valence-corrected chi connectivity index (χ1v) is 12.4. The lowest BCUT2D eigenvalue weighted by atomic mass is 10.1. The van der Waals surface area contributed by atoms with Crippen molar-refractivity contribution in [3.63, 3.8) is 0 Å². The molecular weight excluding hydrogens is 532 g/mol. The monoisotopic (exact) mass is 548 g/mol. The number of methoxy groups -OCH3 is 2. The molecule has 3 aromatic heterocycles. The normalized spacial score (nSPS) is 11.4. The van der Waals surface area contributed by atoms with Gasteiger partial charge in [-0.15, -0.1) is 0 Å². The van der Waals surface area contributed by atoms with Crippen LogP contribution in [0.2, 0.25) is 5.02 Å². The van der Waals surface area contributed by atoms with Crippen molar-refractivity contribution in [2.24, 2.45) is 0 Å². The number of benzene rings is 3. The molecule has 6 aromatic rings. The molecule has 1 N–H and O–H groups in total. The number of pyridine rings is 1. The second-order valence-electron chi connectivity index (χ2n) is 8.19. The third-order valence-electron chi connectivity index (χ3n) is 6.02. The third kappa shape index (κ3) is 3.85. The van der Waals surface area contributed by atoms with E-state index in [-0.39, 0.29) is 21.1 Å². The Bertz CT molecular complexity index is 1990. The summed E-state index contributed by atoms with van der Waals surface area (Å²) in [5.74, 6) is 0.545. The van der Waals surface area contributed by atoms with Gasteiger partial charge in [0.05, 0.1) is 19.7 Å². The van der Waals surface area contributed by atoms with Crippen LogP contribution >= 0.6 is 23.4 Å². The van der Waals surface area contributed by atoms with Gasteiger partial charge in [-0.25, -0.2) is 9.78 Å². The van der Waals surface area contributed by atoms with Gasteiger partial charge in [0.1, 0.15) is 27.3 Å². The molecule has 0 amide bonds. The molecule has 0 atom stereocenters. The minimum absolute atomic E-state index is 0.0649. The predicted octanol–water partition coefficient (Wildman–Crippen LogP) is 5.77. The summed E-state index contributed by atoms with van der Waals surface area (Å²) in [6.45, 7) is 0. The number of ether oxygens (including phenoxy) is 2. The first-order chi connectivity index (χ1) is 18.4. The number of nitrogens with zero attached hydrogens (tertiary/aromatic N) is 2. The SMILES string of the molecule is COc1ccc(-n2c(=O)c3c(O)c(Sc4nc5ccc(Cl)cc5o4)c(=O)oc3c3cc(OC)ccc32)cc1. The summed E-state index contributed by atoms with van der Waals surface area (Å²) in [6, 6.07) is 16.8. The van der Waals surface area contributed by atoms with Crippen LogP contribution in [0.5, 0.6) is 17.2 Å². The molecule has 0 spiro atoms. The smallest absolute Gasteiger partial charge is 0.354 e. The van der Waals surface area contributed by atoms with Crippen LogP contribution in [0.15, 0.2) is 89.2 Å². The van der Waals surface area contributed by atoms with E-state index in [2.05, 4.69) is 4.98 Å². The molecule has 0 radical (unpaired) electrons. The van der Waals surface area contributed by atoms with Crippen LogP contribution < -0.4 is 20.7 Å². The van der Waals surface area contributed by atoms with Gasteiger partial charge in [0.25, 0.3) is 10.8 Å². The lowest BCUT2D eigenvalue weighted by molar-refractivity contribution is 0.414.